The number of hydrogen-bond donors (Lipinski definition) is 1. The molecule has 1 aromatic carbocycles. The lowest BCUT2D eigenvalue weighted by atomic mass is 10.1. The molecule has 0 aliphatic carbocycles. The maximum absolute atomic E-state index is 12.6. The second-order valence-electron chi connectivity index (χ2n) is 6.47. The van der Waals surface area contributed by atoms with Crippen LogP contribution >= 0.6 is 23.6 Å². The highest BCUT2D eigenvalue weighted by molar-refractivity contribution is 7.80. The molecule has 1 N–H and O–H groups in total. The molecule has 28 heavy (non-hydrogen) atoms. The molecule has 1 aliphatic rings. The summed E-state index contributed by atoms with van der Waals surface area (Å²) in [6.07, 6.45) is 1.62. The third kappa shape index (κ3) is 3.87. The normalized spacial score (nSPS) is 14.2. The number of anilines is 1. The van der Waals surface area contributed by atoms with E-state index in [9.17, 15) is 4.79 Å². The largest absolute Gasteiger partial charge is 0.439 e. The molecule has 144 valence electrons. The number of benzene rings is 1. The number of nitrogens with one attached hydrogen (secondary N) is 1. The highest BCUT2D eigenvalue weighted by atomic mass is 32.1. The zero-order valence-electron chi connectivity index (χ0n) is 15.3. The predicted molar refractivity (Wildman–Crippen MR) is 118 cm³/mol. The minimum atomic E-state index is -0.00208. The summed E-state index contributed by atoms with van der Waals surface area (Å²) < 4.78 is 12.2. The Labute approximate surface area is 172 Å². The number of morpholine rings is 1. The van der Waals surface area contributed by atoms with Crippen LogP contribution in [-0.4, -0.2) is 31.3 Å². The van der Waals surface area contributed by atoms with Gasteiger partial charge in [-0.25, -0.2) is 0 Å². The Bertz CT molecular complexity index is 1060. The predicted octanol–water partition coefficient (Wildman–Crippen LogP) is 3.96. The van der Waals surface area contributed by atoms with E-state index in [1.165, 1.54) is 11.3 Å². The maximum Gasteiger partial charge on any atom is 0.204 e. The van der Waals surface area contributed by atoms with Crippen molar-refractivity contribution < 1.29 is 9.15 Å². The second kappa shape index (κ2) is 8.26. The highest BCUT2D eigenvalue weighted by Gasteiger charge is 2.18. The Morgan fingerprint density at radius 1 is 1.29 bits per heavy atom. The van der Waals surface area contributed by atoms with Crippen molar-refractivity contribution in [3.8, 4) is 11.1 Å². The van der Waals surface area contributed by atoms with Gasteiger partial charge in [-0.15, -0.1) is 11.3 Å². The molecule has 2 aromatic heterocycles. The van der Waals surface area contributed by atoms with Gasteiger partial charge in [0.1, 0.15) is 4.70 Å². The number of hydrogen-bond acceptors (Lipinski definition) is 6. The van der Waals surface area contributed by atoms with Crippen LogP contribution in [0.25, 0.3) is 21.4 Å². The average Bonchev–Trinajstić information content (AvgIpc) is 3.17. The molecular formula is C21H20N2O3S2. The van der Waals surface area contributed by atoms with Gasteiger partial charge in [0.05, 0.1) is 18.2 Å². The number of ether oxygens (including phenoxy) is 1. The fourth-order valence-corrected chi connectivity index (χ4v) is 4.12. The molecule has 0 radical (unpaired) electrons. The number of thiophene rings is 1. The topological polar surface area (TPSA) is 54.7 Å². The van der Waals surface area contributed by atoms with Crippen molar-refractivity contribution in [1.82, 2.24) is 5.32 Å². The smallest absolute Gasteiger partial charge is 0.204 e. The first-order chi connectivity index (χ1) is 13.7. The molecule has 0 spiro atoms. The van der Waals surface area contributed by atoms with Crippen LogP contribution in [0, 0.1) is 0 Å². The van der Waals surface area contributed by atoms with E-state index in [1.807, 2.05) is 29.6 Å². The van der Waals surface area contributed by atoms with Crippen LogP contribution in [0.2, 0.25) is 0 Å². The number of nitrogens with zero attached hydrogens (tertiary/aromatic N) is 1. The third-order valence-corrected chi connectivity index (χ3v) is 5.96. The molecule has 1 saturated heterocycles. The maximum atomic E-state index is 12.6. The summed E-state index contributed by atoms with van der Waals surface area (Å²) in [4.78, 5) is 15.3. The molecule has 3 aromatic rings. The van der Waals surface area contributed by atoms with Gasteiger partial charge in [0, 0.05) is 36.6 Å². The lowest BCUT2D eigenvalue weighted by Gasteiger charge is -2.27. The lowest BCUT2D eigenvalue weighted by molar-refractivity contribution is 0.121. The van der Waals surface area contributed by atoms with Gasteiger partial charge in [0.2, 0.25) is 5.43 Å². The first-order valence-corrected chi connectivity index (χ1v) is 10.3. The van der Waals surface area contributed by atoms with Gasteiger partial charge in [0.25, 0.3) is 0 Å². The van der Waals surface area contributed by atoms with Crippen LogP contribution in [-0.2, 0) is 11.3 Å². The Morgan fingerprint density at radius 3 is 2.75 bits per heavy atom. The summed E-state index contributed by atoms with van der Waals surface area (Å²) in [5.74, 6) is 0.610. The van der Waals surface area contributed by atoms with E-state index in [0.717, 1.165) is 29.8 Å². The summed E-state index contributed by atoms with van der Waals surface area (Å²) in [5, 5.41) is 5.11. The molecule has 1 aliphatic heterocycles. The van der Waals surface area contributed by atoms with Crippen molar-refractivity contribution in [2.24, 2.45) is 0 Å². The number of fused-ring (bicyclic) bond motifs is 1. The van der Waals surface area contributed by atoms with Gasteiger partial charge in [-0.05, 0) is 17.2 Å². The summed E-state index contributed by atoms with van der Waals surface area (Å²) in [6, 6.07) is 9.75. The van der Waals surface area contributed by atoms with Gasteiger partial charge >= 0.3 is 0 Å². The van der Waals surface area contributed by atoms with E-state index in [0.29, 0.717) is 40.9 Å². The molecule has 1 fully saturated rings. The van der Waals surface area contributed by atoms with Gasteiger partial charge in [-0.1, -0.05) is 43.1 Å². The minimum absolute atomic E-state index is 0.00208. The number of rotatable bonds is 5. The van der Waals surface area contributed by atoms with Crippen LogP contribution in [0.1, 0.15) is 5.56 Å². The molecule has 3 heterocycles. The zero-order valence-corrected chi connectivity index (χ0v) is 16.9. The fourth-order valence-electron chi connectivity index (χ4n) is 3.13. The van der Waals surface area contributed by atoms with Crippen molar-refractivity contribution in [3.63, 3.8) is 0 Å². The van der Waals surface area contributed by atoms with Crippen LogP contribution in [0.5, 0.6) is 0 Å². The summed E-state index contributed by atoms with van der Waals surface area (Å²) >= 11 is 6.52. The molecule has 7 heteroatoms. The average molecular weight is 413 g/mol. The summed E-state index contributed by atoms with van der Waals surface area (Å²) in [6.45, 7) is 7.03. The van der Waals surface area contributed by atoms with E-state index < -0.39 is 0 Å². The standard InChI is InChI=1S/C21H20N2O3S2/c1-2-18(27)22-12-14-3-5-15(6-4-14)16-13-28-21-17(24)11-19(26-20(16)21)23-7-9-25-10-8-23/h2-6,11,13H,1,7-10,12H2,(H,22,27). The molecule has 0 atom stereocenters. The highest BCUT2D eigenvalue weighted by Crippen LogP contribution is 2.34. The van der Waals surface area contributed by atoms with Crippen molar-refractivity contribution in [2.45, 2.75) is 6.54 Å². The van der Waals surface area contributed by atoms with E-state index in [-0.39, 0.29) is 5.43 Å². The van der Waals surface area contributed by atoms with Gasteiger partial charge in [-0.2, -0.15) is 0 Å². The lowest BCUT2D eigenvalue weighted by Crippen LogP contribution is -2.36. The van der Waals surface area contributed by atoms with Crippen molar-refractivity contribution >= 4 is 44.7 Å². The summed E-state index contributed by atoms with van der Waals surface area (Å²) in [5.41, 5.74) is 3.72. The van der Waals surface area contributed by atoms with Crippen LogP contribution in [0.3, 0.4) is 0 Å². The zero-order chi connectivity index (χ0) is 19.5. The van der Waals surface area contributed by atoms with Crippen molar-refractivity contribution in [1.29, 1.82) is 0 Å². The van der Waals surface area contributed by atoms with Crippen molar-refractivity contribution in [3.05, 3.63) is 64.2 Å². The second-order valence-corrected chi connectivity index (χ2v) is 7.79. The van der Waals surface area contributed by atoms with Crippen LogP contribution < -0.4 is 15.6 Å². The monoisotopic (exact) mass is 412 g/mol. The molecule has 0 bridgehead atoms. The van der Waals surface area contributed by atoms with E-state index in [1.54, 1.807) is 12.1 Å². The van der Waals surface area contributed by atoms with Crippen LogP contribution in [0.15, 0.2) is 57.6 Å². The Kier molecular flexibility index (Phi) is 5.57. The summed E-state index contributed by atoms with van der Waals surface area (Å²) in [7, 11) is 0. The van der Waals surface area contributed by atoms with Crippen LogP contribution in [0.4, 0.5) is 5.88 Å². The van der Waals surface area contributed by atoms with Gasteiger partial charge in [-0.3, -0.25) is 4.79 Å². The molecule has 0 unspecified atom stereocenters. The molecular weight excluding hydrogens is 392 g/mol. The van der Waals surface area contributed by atoms with Crippen molar-refractivity contribution in [2.75, 3.05) is 31.2 Å². The van der Waals surface area contributed by atoms with E-state index >= 15 is 0 Å². The molecule has 4 rings (SSSR count). The third-order valence-electron chi connectivity index (χ3n) is 4.67. The number of thiocarbonyl (C=S) groups is 1. The van der Waals surface area contributed by atoms with Gasteiger partial charge in [0.15, 0.2) is 11.5 Å². The molecule has 5 nitrogen and oxygen atoms in total. The first kappa shape index (κ1) is 18.9. The molecule has 0 saturated carbocycles. The quantitative estimate of drug-likeness (QED) is 0.506. The SMILES string of the molecule is C=CC(=S)NCc1ccc(-c2csc3c(=O)cc(N4CCOCC4)oc23)cc1. The minimum Gasteiger partial charge on any atom is -0.439 e. The fraction of sp³-hybridized carbons (Fsp3) is 0.238. The van der Waals surface area contributed by atoms with E-state index in [4.69, 9.17) is 21.4 Å². The first-order valence-electron chi connectivity index (χ1n) is 9.03. The van der Waals surface area contributed by atoms with E-state index in [2.05, 4.69) is 16.8 Å². The molecule has 0 amide bonds. The Hall–Kier alpha value is -2.48. The Balaban J connectivity index is 1.65. The van der Waals surface area contributed by atoms with Gasteiger partial charge < -0.3 is 19.4 Å². The Morgan fingerprint density at radius 2 is 2.04 bits per heavy atom.